The van der Waals surface area contributed by atoms with E-state index in [0.29, 0.717) is 18.2 Å². The van der Waals surface area contributed by atoms with Gasteiger partial charge in [-0.3, -0.25) is 0 Å². The van der Waals surface area contributed by atoms with Crippen molar-refractivity contribution in [3.63, 3.8) is 0 Å². The van der Waals surface area contributed by atoms with Crippen molar-refractivity contribution in [1.29, 1.82) is 0 Å². The summed E-state index contributed by atoms with van der Waals surface area (Å²) in [6.07, 6.45) is -4.44. The molecule has 0 saturated carbocycles. The number of alkyl halides is 3. The highest BCUT2D eigenvalue weighted by Crippen LogP contribution is 2.34. The van der Waals surface area contributed by atoms with E-state index in [-0.39, 0.29) is 5.56 Å². The lowest BCUT2D eigenvalue weighted by Crippen LogP contribution is -2.23. The summed E-state index contributed by atoms with van der Waals surface area (Å²) < 4.78 is 38.4. The van der Waals surface area contributed by atoms with E-state index in [1.165, 1.54) is 6.07 Å². The molecule has 1 aromatic rings. The summed E-state index contributed by atoms with van der Waals surface area (Å²) in [6, 6.07) is 4.02. The molecule has 1 N–H and O–H groups in total. The molecule has 2 nitrogen and oxygen atoms in total. The van der Waals surface area contributed by atoms with Gasteiger partial charge in [0.1, 0.15) is 0 Å². The Kier molecular flexibility index (Phi) is 4.62. The standard InChI is InChI=1S/C13H18F3NO/c1-9(2)7-17(3)11-5-4-10(8-18)12(6-11)13(14,15)16/h4-6,9,18H,7-8H2,1-3H3. The highest BCUT2D eigenvalue weighted by atomic mass is 19.4. The van der Waals surface area contributed by atoms with Crippen molar-refractivity contribution in [2.75, 3.05) is 18.5 Å². The third-order valence-electron chi connectivity index (χ3n) is 2.65. The van der Waals surface area contributed by atoms with Crippen LogP contribution in [0.25, 0.3) is 0 Å². The van der Waals surface area contributed by atoms with Crippen molar-refractivity contribution in [3.05, 3.63) is 29.3 Å². The van der Waals surface area contributed by atoms with E-state index in [1.807, 2.05) is 13.8 Å². The highest BCUT2D eigenvalue weighted by molar-refractivity contribution is 5.51. The summed E-state index contributed by atoms with van der Waals surface area (Å²) in [5.74, 6) is 0.363. The highest BCUT2D eigenvalue weighted by Gasteiger charge is 2.33. The van der Waals surface area contributed by atoms with Crippen LogP contribution in [0.15, 0.2) is 18.2 Å². The molecular formula is C13H18F3NO. The lowest BCUT2D eigenvalue weighted by molar-refractivity contribution is -0.138. The van der Waals surface area contributed by atoms with Crippen LogP contribution in [-0.2, 0) is 12.8 Å². The van der Waals surface area contributed by atoms with Crippen molar-refractivity contribution < 1.29 is 18.3 Å². The Labute approximate surface area is 105 Å². The van der Waals surface area contributed by atoms with E-state index in [0.717, 1.165) is 6.07 Å². The quantitative estimate of drug-likeness (QED) is 0.899. The Balaban J connectivity index is 3.10. The molecule has 0 aliphatic heterocycles. The lowest BCUT2D eigenvalue weighted by atomic mass is 10.1. The molecule has 0 spiro atoms. The second-order valence-corrected chi connectivity index (χ2v) is 4.77. The molecule has 0 radical (unpaired) electrons. The first-order chi connectivity index (χ1) is 8.25. The predicted octanol–water partition coefficient (Wildman–Crippen LogP) is 3.29. The van der Waals surface area contributed by atoms with Gasteiger partial charge in [-0.2, -0.15) is 13.2 Å². The summed E-state index contributed by atoms with van der Waals surface area (Å²) in [7, 11) is 1.76. The fourth-order valence-corrected chi connectivity index (χ4v) is 1.86. The summed E-state index contributed by atoms with van der Waals surface area (Å²) in [5, 5.41) is 8.94. The molecule has 0 amide bonds. The molecule has 0 aromatic heterocycles. The molecule has 0 aliphatic carbocycles. The van der Waals surface area contributed by atoms with Gasteiger partial charge < -0.3 is 10.0 Å². The Morgan fingerprint density at radius 3 is 2.33 bits per heavy atom. The second-order valence-electron chi connectivity index (χ2n) is 4.77. The minimum absolute atomic E-state index is 0.0933. The minimum atomic E-state index is -4.44. The summed E-state index contributed by atoms with van der Waals surface area (Å²) in [5.41, 5.74) is -0.351. The Bertz CT molecular complexity index is 402. The molecule has 0 fully saturated rings. The van der Waals surface area contributed by atoms with Crippen LogP contribution in [0.2, 0.25) is 0 Å². The first kappa shape index (κ1) is 14.8. The maximum Gasteiger partial charge on any atom is 0.416 e. The number of hydrogen-bond donors (Lipinski definition) is 1. The number of halogens is 3. The topological polar surface area (TPSA) is 23.5 Å². The molecule has 18 heavy (non-hydrogen) atoms. The van der Waals surface area contributed by atoms with Crippen LogP contribution in [0.1, 0.15) is 25.0 Å². The zero-order valence-electron chi connectivity index (χ0n) is 10.8. The minimum Gasteiger partial charge on any atom is -0.392 e. The average molecular weight is 261 g/mol. The van der Waals surface area contributed by atoms with Gasteiger partial charge in [0, 0.05) is 19.3 Å². The summed E-state index contributed by atoms with van der Waals surface area (Å²) >= 11 is 0. The van der Waals surface area contributed by atoms with Crippen LogP contribution in [0.4, 0.5) is 18.9 Å². The van der Waals surface area contributed by atoms with Crippen LogP contribution in [0.5, 0.6) is 0 Å². The van der Waals surface area contributed by atoms with Crippen LogP contribution < -0.4 is 4.90 Å². The van der Waals surface area contributed by atoms with Gasteiger partial charge in [-0.25, -0.2) is 0 Å². The SMILES string of the molecule is CC(C)CN(C)c1ccc(CO)c(C(F)(F)F)c1. The van der Waals surface area contributed by atoms with Gasteiger partial charge in [0.2, 0.25) is 0 Å². The predicted molar refractivity (Wildman–Crippen MR) is 65.5 cm³/mol. The first-order valence-corrected chi connectivity index (χ1v) is 5.77. The number of benzene rings is 1. The number of aliphatic hydroxyl groups is 1. The normalized spacial score (nSPS) is 12.0. The molecule has 0 bridgehead atoms. The molecular weight excluding hydrogens is 243 g/mol. The largest absolute Gasteiger partial charge is 0.416 e. The third kappa shape index (κ3) is 3.63. The first-order valence-electron chi connectivity index (χ1n) is 5.77. The van der Waals surface area contributed by atoms with Gasteiger partial charge in [-0.1, -0.05) is 19.9 Å². The molecule has 0 atom stereocenters. The van der Waals surface area contributed by atoms with Gasteiger partial charge >= 0.3 is 6.18 Å². The molecule has 0 unspecified atom stereocenters. The lowest BCUT2D eigenvalue weighted by Gasteiger charge is -2.23. The number of nitrogens with zero attached hydrogens (tertiary/aromatic N) is 1. The summed E-state index contributed by atoms with van der Waals surface area (Å²) in [6.45, 7) is 4.07. The van der Waals surface area contributed by atoms with Gasteiger partial charge in [-0.15, -0.1) is 0 Å². The maximum absolute atomic E-state index is 12.8. The van der Waals surface area contributed by atoms with Crippen molar-refractivity contribution >= 4 is 5.69 Å². The maximum atomic E-state index is 12.8. The van der Waals surface area contributed by atoms with Crippen LogP contribution in [0.3, 0.4) is 0 Å². The van der Waals surface area contributed by atoms with Gasteiger partial charge in [-0.05, 0) is 23.6 Å². The zero-order chi connectivity index (χ0) is 13.9. The average Bonchev–Trinajstić information content (AvgIpc) is 2.26. The molecule has 0 saturated heterocycles. The van der Waals surface area contributed by atoms with E-state index in [1.54, 1.807) is 18.0 Å². The number of rotatable bonds is 4. The van der Waals surface area contributed by atoms with Gasteiger partial charge in [0.15, 0.2) is 0 Å². The van der Waals surface area contributed by atoms with Crippen LogP contribution in [-0.4, -0.2) is 18.7 Å². The fourth-order valence-electron chi connectivity index (χ4n) is 1.86. The number of hydrogen-bond acceptors (Lipinski definition) is 2. The Hall–Kier alpha value is -1.23. The van der Waals surface area contributed by atoms with Gasteiger partial charge in [0.05, 0.1) is 12.2 Å². The van der Waals surface area contributed by atoms with Crippen molar-refractivity contribution in [2.24, 2.45) is 5.92 Å². The second kappa shape index (κ2) is 5.61. The van der Waals surface area contributed by atoms with E-state index in [4.69, 9.17) is 5.11 Å². The monoisotopic (exact) mass is 261 g/mol. The third-order valence-corrected chi connectivity index (χ3v) is 2.65. The number of anilines is 1. The van der Waals surface area contributed by atoms with Crippen molar-refractivity contribution in [3.8, 4) is 0 Å². The number of aliphatic hydroxyl groups excluding tert-OH is 1. The van der Waals surface area contributed by atoms with E-state index in [9.17, 15) is 13.2 Å². The van der Waals surface area contributed by atoms with Crippen molar-refractivity contribution in [1.82, 2.24) is 0 Å². The van der Waals surface area contributed by atoms with Crippen LogP contribution >= 0.6 is 0 Å². The van der Waals surface area contributed by atoms with Crippen LogP contribution in [0, 0.1) is 5.92 Å². The summed E-state index contributed by atoms with van der Waals surface area (Å²) in [4.78, 5) is 1.78. The zero-order valence-corrected chi connectivity index (χ0v) is 10.8. The van der Waals surface area contributed by atoms with E-state index < -0.39 is 18.3 Å². The molecule has 102 valence electrons. The Morgan fingerprint density at radius 1 is 1.28 bits per heavy atom. The van der Waals surface area contributed by atoms with Crippen molar-refractivity contribution in [2.45, 2.75) is 26.6 Å². The molecule has 1 rings (SSSR count). The Morgan fingerprint density at radius 2 is 1.89 bits per heavy atom. The van der Waals surface area contributed by atoms with E-state index in [2.05, 4.69) is 0 Å². The fraction of sp³-hybridized carbons (Fsp3) is 0.538. The van der Waals surface area contributed by atoms with Gasteiger partial charge in [0.25, 0.3) is 0 Å². The molecule has 0 heterocycles. The van der Waals surface area contributed by atoms with E-state index >= 15 is 0 Å². The molecule has 0 aliphatic rings. The smallest absolute Gasteiger partial charge is 0.392 e. The molecule has 5 heteroatoms. The molecule has 1 aromatic carbocycles.